The number of hydrogen-bond acceptors (Lipinski definition) is 6. The van der Waals surface area contributed by atoms with E-state index in [2.05, 4.69) is 33.6 Å². The van der Waals surface area contributed by atoms with Crippen LogP contribution in [0.25, 0.3) is 0 Å². The van der Waals surface area contributed by atoms with E-state index >= 15 is 0 Å². The molecule has 0 aromatic carbocycles. The van der Waals surface area contributed by atoms with Gasteiger partial charge < -0.3 is 14.5 Å². The molecule has 0 spiro atoms. The van der Waals surface area contributed by atoms with Gasteiger partial charge in [0.1, 0.15) is 0 Å². The highest BCUT2D eigenvalue weighted by atomic mass is 16.5. The van der Waals surface area contributed by atoms with Gasteiger partial charge in [0, 0.05) is 61.2 Å². The van der Waals surface area contributed by atoms with Crippen molar-refractivity contribution in [2.75, 3.05) is 24.6 Å². The summed E-state index contributed by atoms with van der Waals surface area (Å²) in [5.41, 5.74) is 6.31. The lowest BCUT2D eigenvalue weighted by molar-refractivity contribution is -0.135. The van der Waals surface area contributed by atoms with E-state index in [0.29, 0.717) is 30.8 Å². The average molecular weight is 408 g/mol. The van der Waals surface area contributed by atoms with Gasteiger partial charge in [-0.05, 0) is 51.2 Å². The number of ether oxygens (including phenoxy) is 1. The van der Waals surface area contributed by atoms with E-state index in [4.69, 9.17) is 9.72 Å². The second-order valence-corrected chi connectivity index (χ2v) is 8.69. The maximum absolute atomic E-state index is 13.2. The minimum atomic E-state index is 0.227. The van der Waals surface area contributed by atoms with Crippen molar-refractivity contribution in [3.63, 3.8) is 0 Å². The molecule has 30 heavy (non-hydrogen) atoms. The standard InChI is InChI=1S/C23H29N5O2/c1-4-30-20-8-9-24-23(26-20)27-11-16(12-27)10-21(29)28-13-17-14(2)15(3)25-18-6-5-7-19(28)22(17)18/h8-9,16,19H,4-7,10-13H2,1-3H3/t19-/m1/s1. The Morgan fingerprint density at radius 1 is 1.27 bits per heavy atom. The Morgan fingerprint density at radius 2 is 2.10 bits per heavy atom. The fourth-order valence-electron chi connectivity index (χ4n) is 5.13. The van der Waals surface area contributed by atoms with Crippen LogP contribution in [-0.4, -0.2) is 45.5 Å². The van der Waals surface area contributed by atoms with E-state index in [0.717, 1.165) is 44.6 Å². The molecule has 1 aliphatic carbocycles. The van der Waals surface area contributed by atoms with Gasteiger partial charge in [-0.3, -0.25) is 9.78 Å². The molecular weight excluding hydrogens is 378 g/mol. The van der Waals surface area contributed by atoms with Crippen molar-refractivity contribution in [3.8, 4) is 5.88 Å². The molecular formula is C23H29N5O2. The quantitative estimate of drug-likeness (QED) is 0.758. The van der Waals surface area contributed by atoms with Gasteiger partial charge in [-0.1, -0.05) is 0 Å². The second kappa shape index (κ2) is 7.52. The van der Waals surface area contributed by atoms with Crippen molar-refractivity contribution < 1.29 is 9.53 Å². The number of rotatable bonds is 5. The van der Waals surface area contributed by atoms with Gasteiger partial charge in [0.05, 0.1) is 12.6 Å². The topological polar surface area (TPSA) is 71.5 Å². The summed E-state index contributed by atoms with van der Waals surface area (Å²) in [5, 5.41) is 0. The molecule has 1 fully saturated rings. The first-order valence-electron chi connectivity index (χ1n) is 11.0. The molecule has 4 heterocycles. The number of aryl methyl sites for hydroxylation is 2. The van der Waals surface area contributed by atoms with Gasteiger partial charge in [0.2, 0.25) is 17.7 Å². The van der Waals surface area contributed by atoms with Crippen molar-refractivity contribution in [3.05, 3.63) is 40.3 Å². The van der Waals surface area contributed by atoms with Gasteiger partial charge in [-0.15, -0.1) is 0 Å². The minimum absolute atomic E-state index is 0.227. The van der Waals surface area contributed by atoms with Crippen LogP contribution in [0.4, 0.5) is 5.95 Å². The number of amides is 1. The van der Waals surface area contributed by atoms with Crippen LogP contribution < -0.4 is 9.64 Å². The first-order valence-corrected chi connectivity index (χ1v) is 11.0. The van der Waals surface area contributed by atoms with Gasteiger partial charge in [0.15, 0.2) is 0 Å². The Labute approximate surface area is 177 Å². The zero-order valence-electron chi connectivity index (χ0n) is 18.0. The number of carbonyl (C=O) groups is 1. The van der Waals surface area contributed by atoms with Gasteiger partial charge in [-0.2, -0.15) is 4.98 Å². The zero-order chi connectivity index (χ0) is 20.8. The first kappa shape index (κ1) is 19.3. The van der Waals surface area contributed by atoms with E-state index in [9.17, 15) is 4.79 Å². The summed E-state index contributed by atoms with van der Waals surface area (Å²) in [6, 6.07) is 2.00. The van der Waals surface area contributed by atoms with Crippen molar-refractivity contribution in [2.45, 2.75) is 59.0 Å². The lowest BCUT2D eigenvalue weighted by Gasteiger charge is -2.40. The van der Waals surface area contributed by atoms with Gasteiger partial charge >= 0.3 is 0 Å². The van der Waals surface area contributed by atoms with Crippen LogP contribution >= 0.6 is 0 Å². The third-order valence-corrected chi connectivity index (χ3v) is 6.80. The van der Waals surface area contributed by atoms with Crippen molar-refractivity contribution in [1.82, 2.24) is 19.9 Å². The highest BCUT2D eigenvalue weighted by Gasteiger charge is 2.40. The molecule has 7 nitrogen and oxygen atoms in total. The molecule has 5 rings (SSSR count). The van der Waals surface area contributed by atoms with Crippen LogP contribution in [0.2, 0.25) is 0 Å². The number of hydrogen-bond donors (Lipinski definition) is 0. The Hall–Kier alpha value is -2.70. The highest BCUT2D eigenvalue weighted by molar-refractivity contribution is 5.78. The molecule has 0 bridgehead atoms. The van der Waals surface area contributed by atoms with Crippen molar-refractivity contribution in [1.29, 1.82) is 0 Å². The SMILES string of the molecule is CCOc1ccnc(N2CC(CC(=O)N3Cc4c(C)c(C)nc5c4[C@H]3CCC5)C2)n1. The third kappa shape index (κ3) is 3.20. The van der Waals surface area contributed by atoms with E-state index in [-0.39, 0.29) is 11.9 Å². The molecule has 2 aromatic heterocycles. The van der Waals surface area contributed by atoms with E-state index in [1.165, 1.54) is 22.4 Å². The molecule has 1 saturated heterocycles. The summed E-state index contributed by atoms with van der Waals surface area (Å²) in [7, 11) is 0. The molecule has 2 aliphatic heterocycles. The fourth-order valence-corrected chi connectivity index (χ4v) is 5.13. The summed E-state index contributed by atoms with van der Waals surface area (Å²) >= 11 is 0. The van der Waals surface area contributed by atoms with Crippen LogP contribution in [-0.2, 0) is 17.8 Å². The molecule has 158 valence electrons. The Morgan fingerprint density at radius 3 is 2.90 bits per heavy atom. The third-order valence-electron chi connectivity index (χ3n) is 6.80. The van der Waals surface area contributed by atoms with E-state index < -0.39 is 0 Å². The van der Waals surface area contributed by atoms with Crippen LogP contribution in [0.5, 0.6) is 5.88 Å². The first-order chi connectivity index (χ1) is 14.5. The fraction of sp³-hybridized carbons (Fsp3) is 0.565. The van der Waals surface area contributed by atoms with Crippen LogP contribution in [0.15, 0.2) is 12.3 Å². The molecule has 0 N–H and O–H groups in total. The van der Waals surface area contributed by atoms with Crippen LogP contribution in [0, 0.1) is 19.8 Å². The van der Waals surface area contributed by atoms with Crippen molar-refractivity contribution >= 4 is 11.9 Å². The lowest BCUT2D eigenvalue weighted by atomic mass is 9.88. The second-order valence-electron chi connectivity index (χ2n) is 8.69. The number of nitrogens with zero attached hydrogens (tertiary/aromatic N) is 5. The summed E-state index contributed by atoms with van der Waals surface area (Å²) in [6.07, 6.45) is 5.53. The zero-order valence-corrected chi connectivity index (χ0v) is 18.0. The molecule has 0 saturated carbocycles. The molecule has 0 unspecified atom stereocenters. The number of aromatic nitrogens is 3. The summed E-state index contributed by atoms with van der Waals surface area (Å²) in [4.78, 5) is 31.1. The average Bonchev–Trinajstić information content (AvgIpc) is 3.10. The Kier molecular flexibility index (Phi) is 4.83. The molecule has 0 radical (unpaired) electrons. The maximum Gasteiger partial charge on any atom is 0.228 e. The largest absolute Gasteiger partial charge is 0.478 e. The summed E-state index contributed by atoms with van der Waals surface area (Å²) < 4.78 is 5.47. The predicted molar refractivity (Wildman–Crippen MR) is 113 cm³/mol. The molecule has 3 aliphatic rings. The number of anilines is 1. The molecule has 7 heteroatoms. The Bertz CT molecular complexity index is 986. The predicted octanol–water partition coefficient (Wildman–Crippen LogP) is 3.13. The van der Waals surface area contributed by atoms with Crippen LogP contribution in [0.1, 0.15) is 60.3 Å². The maximum atomic E-state index is 13.2. The molecule has 2 aromatic rings. The van der Waals surface area contributed by atoms with Crippen molar-refractivity contribution in [2.24, 2.45) is 5.92 Å². The monoisotopic (exact) mass is 407 g/mol. The highest BCUT2D eigenvalue weighted by Crippen LogP contribution is 2.44. The Balaban J connectivity index is 1.24. The van der Waals surface area contributed by atoms with Gasteiger partial charge in [0.25, 0.3) is 0 Å². The summed E-state index contributed by atoms with van der Waals surface area (Å²) in [6.45, 7) is 9.15. The van der Waals surface area contributed by atoms with E-state index in [1.807, 2.05) is 6.92 Å². The van der Waals surface area contributed by atoms with E-state index in [1.54, 1.807) is 12.3 Å². The number of carbonyl (C=O) groups excluding carboxylic acids is 1. The molecule has 1 amide bonds. The van der Waals surface area contributed by atoms with Crippen LogP contribution in [0.3, 0.4) is 0 Å². The molecule has 1 atom stereocenters. The van der Waals surface area contributed by atoms with Gasteiger partial charge in [-0.25, -0.2) is 4.98 Å². The lowest BCUT2D eigenvalue weighted by Crippen LogP contribution is -2.49. The minimum Gasteiger partial charge on any atom is -0.478 e. The normalized spacial score (nSPS) is 20.2. The summed E-state index contributed by atoms with van der Waals surface area (Å²) in [5.74, 6) is 1.91. The smallest absolute Gasteiger partial charge is 0.228 e. The number of pyridine rings is 1.